The molecule has 106 heavy (non-hydrogen) atoms. The smallest absolute Gasteiger partial charge is 0.308 e. The van der Waals surface area contributed by atoms with Crippen LogP contribution in [0.15, 0.2) is 0 Å². The van der Waals surface area contributed by atoms with Crippen molar-refractivity contribution in [2.75, 3.05) is 80.3 Å². The number of carbonyl (C=O) groups excluding carboxylic acids is 12. The molecule has 2 N–H and O–H groups in total. The number of carbonyl (C=O) groups is 12. The van der Waals surface area contributed by atoms with Crippen LogP contribution in [0.25, 0.3) is 0 Å². The summed E-state index contributed by atoms with van der Waals surface area (Å²) in [6, 6.07) is 0. The predicted molar refractivity (Wildman–Crippen MR) is 413 cm³/mol. The Morgan fingerprint density at radius 2 is 0.491 bits per heavy atom. The highest BCUT2D eigenvalue weighted by atomic mass is 16.6. The van der Waals surface area contributed by atoms with E-state index in [2.05, 4.69) is 28.1 Å². The fraction of sp³-hybridized carbons (Fsp3) is 0.850. The van der Waals surface area contributed by atoms with Gasteiger partial charge in [-0.3, -0.25) is 57.5 Å². The third-order valence-electron chi connectivity index (χ3n) is 15.3. The van der Waals surface area contributed by atoms with E-state index in [0.29, 0.717) is 52.5 Å². The lowest BCUT2D eigenvalue weighted by atomic mass is 10.1. The first-order valence-electron chi connectivity index (χ1n) is 38.8. The molecule has 0 fully saturated rings. The van der Waals surface area contributed by atoms with Crippen molar-refractivity contribution in [3.63, 3.8) is 0 Å². The van der Waals surface area contributed by atoms with Crippen LogP contribution in [-0.2, 0) is 114 Å². The number of hydrogen-bond donors (Lipinski definition) is 2. The van der Waals surface area contributed by atoms with Gasteiger partial charge in [-0.05, 0) is 104 Å². The molecule has 0 heterocycles. The third-order valence-corrected chi connectivity index (χ3v) is 15.3. The van der Waals surface area contributed by atoms with Gasteiger partial charge in [0, 0.05) is 13.8 Å². The number of ether oxygens (including phenoxy) is 12. The Labute approximate surface area is 642 Å². The second-order valence-electron chi connectivity index (χ2n) is 25.2. The highest BCUT2D eigenvalue weighted by Crippen LogP contribution is 2.10. The molecular formula is C80H156O26. The number of aliphatic hydroxyl groups excluding tert-OH is 2. The van der Waals surface area contributed by atoms with Crippen molar-refractivity contribution in [2.24, 2.45) is 59.2 Å². The standard InChI is InChI=1S/2C10H18O5.2C9H18O2.2C8H16O2.2C7H14O2.2C6H12O2/c1-4-7(2)10(13)15-6-9(12)5-14-8(3)11;1-4-7(2)10(13)14-6-9(5-11)15-8(3)12;2*1-4-6-7-11-9(10)8(3)5-2;2*1-4-6-10-8(9)7(3)5-2;2*1-4-6(3)7(8)9-5-2;2*1-4-5(2)6(7)8-3/h7,9,12H,4-6H2,1-3H3;7,9,11H,4-6H2,1-3H3;2*8H,4-7H2,1-3H3;2*7H,4-6H2,1-3H3;2*6H,4-5H2,1-3H3;2*5H,4H2,1-3H3. The Hall–Kier alpha value is -6.44. The molecule has 0 saturated heterocycles. The van der Waals surface area contributed by atoms with Gasteiger partial charge in [0.25, 0.3) is 0 Å². The van der Waals surface area contributed by atoms with E-state index >= 15 is 0 Å². The van der Waals surface area contributed by atoms with Crippen molar-refractivity contribution in [3.8, 4) is 0 Å². The monoisotopic (exact) mass is 1530 g/mol. The van der Waals surface area contributed by atoms with Crippen molar-refractivity contribution >= 4 is 71.6 Å². The molecule has 26 nitrogen and oxygen atoms in total. The zero-order chi connectivity index (χ0) is 84.7. The average molecular weight is 1530 g/mol. The Morgan fingerprint density at radius 3 is 0.679 bits per heavy atom. The quantitative estimate of drug-likeness (QED) is 0.0327. The van der Waals surface area contributed by atoms with Gasteiger partial charge in [-0.25, -0.2) is 0 Å². The topological polar surface area (TPSA) is 356 Å². The van der Waals surface area contributed by atoms with Crippen molar-refractivity contribution in [1.82, 2.24) is 0 Å². The highest BCUT2D eigenvalue weighted by molar-refractivity contribution is 5.75. The minimum atomic E-state index is -0.957. The Bertz CT molecular complexity index is 2040. The number of rotatable bonds is 40. The SMILES string of the molecule is CCC(C)C(=O)OC.CCC(C)C(=O)OC.CCC(C)C(=O)OCC(CO)OC(C)=O.CCC(C)C(=O)OCC(O)COC(C)=O.CCCCOC(=O)C(C)CC.CCCCOC(=O)C(C)CC.CCCOC(=O)C(C)CC.CCCOC(=O)C(C)CC.CCOC(=O)C(C)CC.CCOC(=O)C(C)CC. The van der Waals surface area contributed by atoms with Gasteiger partial charge in [-0.1, -0.05) is 179 Å². The van der Waals surface area contributed by atoms with Crippen molar-refractivity contribution < 1.29 is 125 Å². The van der Waals surface area contributed by atoms with Gasteiger partial charge in [0.1, 0.15) is 25.9 Å². The van der Waals surface area contributed by atoms with Crippen LogP contribution in [0.2, 0.25) is 0 Å². The summed E-state index contributed by atoms with van der Waals surface area (Å²) in [5.74, 6) is -2.19. The maximum absolute atomic E-state index is 11.2. The molecule has 0 aromatic rings. The lowest BCUT2D eigenvalue weighted by Gasteiger charge is -2.15. The van der Waals surface area contributed by atoms with E-state index in [1.807, 2.05) is 152 Å². The Morgan fingerprint density at radius 1 is 0.274 bits per heavy atom. The summed E-state index contributed by atoms with van der Waals surface area (Å²) >= 11 is 0. The number of aliphatic hydroxyl groups is 2. The number of esters is 12. The molecule has 26 heteroatoms. The molecule has 0 aromatic heterocycles. The molecule has 0 radical (unpaired) electrons. The van der Waals surface area contributed by atoms with E-state index < -0.39 is 24.1 Å². The second kappa shape index (κ2) is 87.5. The third kappa shape index (κ3) is 86.5. The van der Waals surface area contributed by atoms with Gasteiger partial charge in [0.2, 0.25) is 0 Å². The summed E-state index contributed by atoms with van der Waals surface area (Å²) in [5, 5.41) is 18.1. The zero-order valence-corrected chi connectivity index (χ0v) is 72.0. The maximum atomic E-state index is 11.2. The molecule has 0 aliphatic rings. The van der Waals surface area contributed by atoms with Crippen LogP contribution >= 0.6 is 0 Å². The largest absolute Gasteiger partial charge is 0.469 e. The second-order valence-corrected chi connectivity index (χ2v) is 25.2. The van der Waals surface area contributed by atoms with E-state index in [1.165, 1.54) is 28.1 Å². The number of methoxy groups -OCH3 is 2. The molecule has 0 aromatic carbocycles. The van der Waals surface area contributed by atoms with E-state index in [9.17, 15) is 62.6 Å². The van der Waals surface area contributed by atoms with Gasteiger partial charge in [0.15, 0.2) is 6.10 Å². The Kier molecular flexibility index (Phi) is 99.5. The fourth-order valence-electron chi connectivity index (χ4n) is 5.50. The molecule has 12 unspecified atom stereocenters. The van der Waals surface area contributed by atoms with Gasteiger partial charge in [0.05, 0.1) is 120 Å². The average Bonchev–Trinajstić information content (AvgIpc) is 3.56. The van der Waals surface area contributed by atoms with Gasteiger partial charge in [-0.15, -0.1) is 0 Å². The lowest BCUT2D eigenvalue weighted by molar-refractivity contribution is -0.161. The van der Waals surface area contributed by atoms with Crippen molar-refractivity contribution in [2.45, 2.75) is 309 Å². The maximum Gasteiger partial charge on any atom is 0.308 e. The molecule has 632 valence electrons. The van der Waals surface area contributed by atoms with E-state index in [4.69, 9.17) is 47.7 Å². The summed E-state index contributed by atoms with van der Waals surface area (Å²) in [6.45, 7) is 54.9. The summed E-state index contributed by atoms with van der Waals surface area (Å²) in [7, 11) is 2.82. The lowest BCUT2D eigenvalue weighted by Crippen LogP contribution is -2.28. The minimum Gasteiger partial charge on any atom is -0.469 e. The van der Waals surface area contributed by atoms with Crippen molar-refractivity contribution in [3.05, 3.63) is 0 Å². The Balaban J connectivity index is -0.000000122. The molecular weight excluding hydrogens is 1380 g/mol. The van der Waals surface area contributed by atoms with Crippen LogP contribution in [0.3, 0.4) is 0 Å². The normalized spacial score (nSPS) is 13.1. The summed E-state index contributed by atoms with van der Waals surface area (Å²) in [5.41, 5.74) is 0. The van der Waals surface area contributed by atoms with E-state index in [0.717, 1.165) is 89.9 Å². The van der Waals surface area contributed by atoms with Crippen LogP contribution in [-0.4, -0.2) is 174 Å². The van der Waals surface area contributed by atoms with Gasteiger partial charge in [-0.2, -0.15) is 0 Å². The summed E-state index contributed by atoms with van der Waals surface area (Å²) < 4.78 is 57.2. The zero-order valence-electron chi connectivity index (χ0n) is 72.0. The molecule has 0 amide bonds. The first-order chi connectivity index (χ1) is 49.7. The van der Waals surface area contributed by atoms with Crippen LogP contribution in [0.1, 0.15) is 297 Å². The summed E-state index contributed by atoms with van der Waals surface area (Å²) in [6.07, 6.45) is 12.5. The molecule has 0 rings (SSSR count). The first kappa shape index (κ1) is 121. The fourth-order valence-corrected chi connectivity index (χ4v) is 5.50. The molecule has 0 aliphatic carbocycles. The van der Waals surface area contributed by atoms with Crippen LogP contribution in [0.4, 0.5) is 0 Å². The molecule has 0 saturated carbocycles. The highest BCUT2D eigenvalue weighted by Gasteiger charge is 2.19. The summed E-state index contributed by atoms with van der Waals surface area (Å²) in [4.78, 5) is 130. The number of hydrogen-bond acceptors (Lipinski definition) is 26. The van der Waals surface area contributed by atoms with E-state index in [1.54, 1.807) is 13.8 Å². The van der Waals surface area contributed by atoms with Crippen LogP contribution < -0.4 is 0 Å². The van der Waals surface area contributed by atoms with Crippen LogP contribution in [0.5, 0.6) is 0 Å². The van der Waals surface area contributed by atoms with Crippen LogP contribution in [0, 0.1) is 59.2 Å². The molecule has 0 spiro atoms. The molecule has 0 aliphatic heterocycles. The van der Waals surface area contributed by atoms with Gasteiger partial charge < -0.3 is 67.1 Å². The predicted octanol–water partition coefficient (Wildman–Crippen LogP) is 15.3. The van der Waals surface area contributed by atoms with Gasteiger partial charge >= 0.3 is 71.6 Å². The molecule has 0 bridgehead atoms. The van der Waals surface area contributed by atoms with Crippen molar-refractivity contribution in [1.29, 1.82) is 0 Å². The van der Waals surface area contributed by atoms with E-state index in [-0.39, 0.29) is 145 Å². The number of unbranched alkanes of at least 4 members (excludes halogenated alkanes) is 2. The molecule has 12 atom stereocenters. The minimum absolute atomic E-state index is 0.0547. The first-order valence-corrected chi connectivity index (χ1v) is 38.8.